The molecule has 3 rings (SSSR count). The average molecular weight is 251 g/mol. The van der Waals surface area contributed by atoms with Crippen molar-refractivity contribution in [3.8, 4) is 5.75 Å². The molecular formula is C15H19ClO. The molecule has 1 aliphatic carbocycles. The van der Waals surface area contributed by atoms with Gasteiger partial charge in [-0.3, -0.25) is 0 Å². The van der Waals surface area contributed by atoms with E-state index in [4.69, 9.17) is 16.3 Å². The summed E-state index contributed by atoms with van der Waals surface area (Å²) in [5.41, 5.74) is 1.68. The lowest BCUT2D eigenvalue weighted by Crippen LogP contribution is -2.25. The SMILES string of the molecule is CC(CCl)(CC1COc2ccccc21)C1CC1. The molecule has 1 fully saturated rings. The Morgan fingerprint density at radius 2 is 2.12 bits per heavy atom. The van der Waals surface area contributed by atoms with Gasteiger partial charge >= 0.3 is 0 Å². The Morgan fingerprint density at radius 1 is 1.35 bits per heavy atom. The van der Waals surface area contributed by atoms with Crippen LogP contribution in [0.15, 0.2) is 24.3 Å². The predicted molar refractivity (Wildman–Crippen MR) is 70.8 cm³/mol. The smallest absolute Gasteiger partial charge is 0.122 e. The van der Waals surface area contributed by atoms with E-state index in [2.05, 4.69) is 25.1 Å². The van der Waals surface area contributed by atoms with E-state index in [-0.39, 0.29) is 0 Å². The molecule has 0 bridgehead atoms. The normalized spacial score (nSPS) is 26.1. The molecule has 17 heavy (non-hydrogen) atoms. The van der Waals surface area contributed by atoms with Crippen molar-refractivity contribution < 1.29 is 4.74 Å². The number of hydrogen-bond donors (Lipinski definition) is 0. The summed E-state index contributed by atoms with van der Waals surface area (Å²) in [5, 5.41) is 0. The Kier molecular flexibility index (Phi) is 2.82. The number of fused-ring (bicyclic) bond motifs is 1. The molecule has 0 spiro atoms. The van der Waals surface area contributed by atoms with Crippen molar-refractivity contribution in [1.82, 2.24) is 0 Å². The molecule has 1 aliphatic heterocycles. The minimum Gasteiger partial charge on any atom is -0.493 e. The van der Waals surface area contributed by atoms with Crippen LogP contribution >= 0.6 is 11.6 Å². The highest BCUT2D eigenvalue weighted by Gasteiger charge is 2.43. The molecule has 2 heteroatoms. The number of alkyl halides is 1. The summed E-state index contributed by atoms with van der Waals surface area (Å²) in [6.45, 7) is 3.18. The minimum absolute atomic E-state index is 0.299. The quantitative estimate of drug-likeness (QED) is 0.728. The average Bonchev–Trinajstić information content (AvgIpc) is 3.14. The van der Waals surface area contributed by atoms with E-state index >= 15 is 0 Å². The van der Waals surface area contributed by atoms with Crippen LogP contribution in [0.1, 0.15) is 37.7 Å². The zero-order chi connectivity index (χ0) is 11.9. The van der Waals surface area contributed by atoms with Gasteiger partial charge < -0.3 is 4.74 Å². The first-order chi connectivity index (χ1) is 8.23. The number of hydrogen-bond acceptors (Lipinski definition) is 1. The van der Waals surface area contributed by atoms with Crippen LogP contribution in [0.4, 0.5) is 0 Å². The second kappa shape index (κ2) is 4.20. The third-order valence-corrected chi connectivity index (χ3v) is 4.99. The van der Waals surface area contributed by atoms with Crippen LogP contribution < -0.4 is 4.74 Å². The van der Waals surface area contributed by atoms with Crippen molar-refractivity contribution in [1.29, 1.82) is 0 Å². The molecular weight excluding hydrogens is 232 g/mol. The van der Waals surface area contributed by atoms with Gasteiger partial charge in [-0.2, -0.15) is 0 Å². The molecule has 2 atom stereocenters. The first-order valence-corrected chi connectivity index (χ1v) is 7.04. The zero-order valence-electron chi connectivity index (χ0n) is 10.3. The van der Waals surface area contributed by atoms with Gasteiger partial charge in [0.1, 0.15) is 5.75 Å². The van der Waals surface area contributed by atoms with Crippen LogP contribution in [0, 0.1) is 11.3 Å². The van der Waals surface area contributed by atoms with Gasteiger partial charge in [-0.15, -0.1) is 11.6 Å². The predicted octanol–water partition coefficient (Wildman–Crippen LogP) is 4.21. The van der Waals surface area contributed by atoms with E-state index in [1.54, 1.807) is 0 Å². The van der Waals surface area contributed by atoms with Gasteiger partial charge in [0.15, 0.2) is 0 Å². The molecule has 0 radical (unpaired) electrons. The number of ether oxygens (including phenoxy) is 1. The van der Waals surface area contributed by atoms with Gasteiger partial charge in [0.2, 0.25) is 0 Å². The fourth-order valence-corrected chi connectivity index (χ4v) is 3.40. The molecule has 0 saturated heterocycles. The van der Waals surface area contributed by atoms with E-state index in [9.17, 15) is 0 Å². The largest absolute Gasteiger partial charge is 0.493 e. The van der Waals surface area contributed by atoms with Gasteiger partial charge in [0.05, 0.1) is 6.61 Å². The highest BCUT2D eigenvalue weighted by molar-refractivity contribution is 6.18. The molecule has 1 saturated carbocycles. The van der Waals surface area contributed by atoms with E-state index in [0.29, 0.717) is 11.3 Å². The standard InChI is InChI=1S/C15H19ClO/c1-15(10-16,12-6-7-12)8-11-9-17-14-5-3-2-4-13(11)14/h2-5,11-12H,6-10H2,1H3. The van der Waals surface area contributed by atoms with Crippen molar-refractivity contribution in [2.24, 2.45) is 11.3 Å². The summed E-state index contributed by atoms with van der Waals surface area (Å²) in [5.74, 6) is 3.23. The molecule has 2 unspecified atom stereocenters. The third-order valence-electron chi connectivity index (χ3n) is 4.38. The Hall–Kier alpha value is -0.690. The molecule has 0 N–H and O–H groups in total. The lowest BCUT2D eigenvalue weighted by atomic mass is 9.77. The second-order valence-corrected chi connectivity index (χ2v) is 6.08. The molecule has 1 aromatic carbocycles. The highest BCUT2D eigenvalue weighted by Crippen LogP contribution is 2.52. The number of rotatable bonds is 4. The van der Waals surface area contributed by atoms with E-state index < -0.39 is 0 Å². The maximum atomic E-state index is 6.21. The Bertz CT molecular complexity index is 413. The minimum atomic E-state index is 0.299. The van der Waals surface area contributed by atoms with Crippen LogP contribution in [-0.2, 0) is 0 Å². The van der Waals surface area contributed by atoms with Gasteiger partial charge in [-0.05, 0) is 36.7 Å². The summed E-state index contributed by atoms with van der Waals surface area (Å²) < 4.78 is 5.76. The van der Waals surface area contributed by atoms with Crippen molar-refractivity contribution in [3.63, 3.8) is 0 Å². The molecule has 1 nitrogen and oxygen atoms in total. The molecule has 2 aliphatic rings. The van der Waals surface area contributed by atoms with Crippen LogP contribution in [0.5, 0.6) is 5.75 Å². The Balaban J connectivity index is 1.78. The van der Waals surface area contributed by atoms with Crippen molar-refractivity contribution in [2.75, 3.05) is 12.5 Å². The fraction of sp³-hybridized carbons (Fsp3) is 0.600. The monoisotopic (exact) mass is 250 g/mol. The van der Waals surface area contributed by atoms with Crippen LogP contribution in [-0.4, -0.2) is 12.5 Å². The Morgan fingerprint density at radius 3 is 2.82 bits per heavy atom. The van der Waals surface area contributed by atoms with Gasteiger partial charge in [-0.1, -0.05) is 25.1 Å². The maximum Gasteiger partial charge on any atom is 0.122 e. The summed E-state index contributed by atoms with van der Waals surface area (Å²) in [6, 6.07) is 8.43. The number of halogens is 1. The highest BCUT2D eigenvalue weighted by atomic mass is 35.5. The van der Waals surface area contributed by atoms with Crippen LogP contribution in [0.25, 0.3) is 0 Å². The summed E-state index contributed by atoms with van der Waals surface area (Å²) in [6.07, 6.45) is 3.88. The summed E-state index contributed by atoms with van der Waals surface area (Å²) >= 11 is 6.21. The lowest BCUT2D eigenvalue weighted by Gasteiger charge is -2.29. The summed E-state index contributed by atoms with van der Waals surface area (Å²) in [7, 11) is 0. The topological polar surface area (TPSA) is 9.23 Å². The second-order valence-electron chi connectivity index (χ2n) is 5.81. The molecule has 1 heterocycles. The van der Waals surface area contributed by atoms with Crippen molar-refractivity contribution in [3.05, 3.63) is 29.8 Å². The van der Waals surface area contributed by atoms with Crippen LogP contribution in [0.3, 0.4) is 0 Å². The molecule has 0 amide bonds. The van der Waals surface area contributed by atoms with Crippen LogP contribution in [0.2, 0.25) is 0 Å². The van der Waals surface area contributed by atoms with Gasteiger partial charge in [0, 0.05) is 17.4 Å². The van der Waals surface area contributed by atoms with Gasteiger partial charge in [-0.25, -0.2) is 0 Å². The maximum absolute atomic E-state index is 6.21. The molecule has 0 aromatic heterocycles. The fourth-order valence-electron chi connectivity index (χ4n) is 3.07. The zero-order valence-corrected chi connectivity index (χ0v) is 11.0. The van der Waals surface area contributed by atoms with E-state index in [0.717, 1.165) is 30.6 Å². The summed E-state index contributed by atoms with van der Waals surface area (Å²) in [4.78, 5) is 0. The Labute approximate surface area is 108 Å². The molecule has 1 aromatic rings. The van der Waals surface area contributed by atoms with E-state index in [1.807, 2.05) is 6.07 Å². The third kappa shape index (κ3) is 2.06. The van der Waals surface area contributed by atoms with E-state index in [1.165, 1.54) is 18.4 Å². The number of benzene rings is 1. The number of para-hydroxylation sites is 1. The first-order valence-electron chi connectivity index (χ1n) is 6.50. The van der Waals surface area contributed by atoms with Crippen molar-refractivity contribution >= 4 is 11.6 Å². The van der Waals surface area contributed by atoms with Crippen molar-refractivity contribution in [2.45, 2.75) is 32.1 Å². The van der Waals surface area contributed by atoms with Gasteiger partial charge in [0.25, 0.3) is 0 Å². The lowest BCUT2D eigenvalue weighted by molar-refractivity contribution is 0.235. The molecule has 92 valence electrons. The first kappa shape index (κ1) is 11.4.